The average molecular weight is 226 g/mol. The molecule has 0 bridgehead atoms. The molecule has 0 aromatic heterocycles. The summed E-state index contributed by atoms with van der Waals surface area (Å²) in [5.41, 5.74) is 2.87. The Kier molecular flexibility index (Phi) is 4.80. The van der Waals surface area contributed by atoms with E-state index in [-0.39, 0.29) is 0 Å². The van der Waals surface area contributed by atoms with Crippen LogP contribution in [0, 0.1) is 0 Å². The normalized spacial score (nSPS) is 10.4. The molecule has 0 aliphatic rings. The molecule has 0 saturated carbocycles. The van der Waals surface area contributed by atoms with Crippen molar-refractivity contribution in [2.75, 3.05) is 13.1 Å². The van der Waals surface area contributed by atoms with Crippen molar-refractivity contribution in [2.24, 2.45) is 0 Å². The summed E-state index contributed by atoms with van der Waals surface area (Å²) >= 11 is 0. The Bertz CT molecular complexity index is 367. The zero-order valence-corrected chi connectivity index (χ0v) is 10.2. The average Bonchev–Trinajstić information content (AvgIpc) is 2.41. The van der Waals surface area contributed by atoms with Gasteiger partial charge in [0.05, 0.1) is 13.1 Å². The number of quaternary nitrogens is 1. The second kappa shape index (κ2) is 6.87. The fourth-order valence-corrected chi connectivity index (χ4v) is 1.97. The highest BCUT2D eigenvalue weighted by Gasteiger charge is 1.95. The van der Waals surface area contributed by atoms with Gasteiger partial charge in [-0.05, 0) is 11.1 Å². The van der Waals surface area contributed by atoms with Crippen LogP contribution in [0.2, 0.25) is 0 Å². The van der Waals surface area contributed by atoms with E-state index in [4.69, 9.17) is 0 Å². The van der Waals surface area contributed by atoms with Gasteiger partial charge in [0.25, 0.3) is 0 Å². The SMILES string of the molecule is c1ccc(CC[NH2+]CCc2ccccc2)cc1. The van der Waals surface area contributed by atoms with Crippen molar-refractivity contribution in [1.29, 1.82) is 0 Å². The second-order valence-corrected chi connectivity index (χ2v) is 4.34. The van der Waals surface area contributed by atoms with Gasteiger partial charge in [-0.15, -0.1) is 0 Å². The molecule has 0 aliphatic heterocycles. The molecular formula is C16H20N+. The maximum Gasteiger partial charge on any atom is 0.0796 e. The molecule has 0 atom stereocenters. The Labute approximate surface area is 103 Å². The molecule has 2 N–H and O–H groups in total. The summed E-state index contributed by atoms with van der Waals surface area (Å²) in [4.78, 5) is 0. The van der Waals surface area contributed by atoms with Crippen LogP contribution in [0.1, 0.15) is 11.1 Å². The molecule has 2 aromatic rings. The van der Waals surface area contributed by atoms with E-state index < -0.39 is 0 Å². The maximum atomic E-state index is 2.40. The van der Waals surface area contributed by atoms with Crippen molar-refractivity contribution < 1.29 is 5.32 Å². The number of benzene rings is 2. The number of hydrogen-bond acceptors (Lipinski definition) is 0. The van der Waals surface area contributed by atoms with E-state index in [1.54, 1.807) is 0 Å². The molecule has 0 spiro atoms. The van der Waals surface area contributed by atoms with E-state index in [0.717, 1.165) is 12.8 Å². The Hall–Kier alpha value is -1.60. The lowest BCUT2D eigenvalue weighted by Gasteiger charge is -2.02. The molecule has 2 aromatic carbocycles. The van der Waals surface area contributed by atoms with Gasteiger partial charge in [0.15, 0.2) is 0 Å². The first-order chi connectivity index (χ1) is 8.45. The van der Waals surface area contributed by atoms with Crippen LogP contribution < -0.4 is 5.32 Å². The summed E-state index contributed by atoms with van der Waals surface area (Å²) in [5.74, 6) is 0. The van der Waals surface area contributed by atoms with Crippen molar-refractivity contribution >= 4 is 0 Å². The van der Waals surface area contributed by atoms with E-state index in [0.29, 0.717) is 0 Å². The van der Waals surface area contributed by atoms with Crippen molar-refractivity contribution in [3.8, 4) is 0 Å². The maximum absolute atomic E-state index is 2.40. The smallest absolute Gasteiger partial charge is 0.0796 e. The number of nitrogens with two attached hydrogens (primary N) is 1. The Balaban J connectivity index is 1.61. The predicted molar refractivity (Wildman–Crippen MR) is 72.0 cm³/mol. The van der Waals surface area contributed by atoms with E-state index >= 15 is 0 Å². The molecule has 0 amide bonds. The monoisotopic (exact) mass is 226 g/mol. The summed E-state index contributed by atoms with van der Waals surface area (Å²) in [7, 11) is 0. The van der Waals surface area contributed by atoms with E-state index in [2.05, 4.69) is 66.0 Å². The summed E-state index contributed by atoms with van der Waals surface area (Å²) in [6.07, 6.45) is 2.32. The minimum absolute atomic E-state index is 1.16. The standard InChI is InChI=1S/C16H19N/c1-3-7-15(8-4-1)11-13-17-14-12-16-9-5-2-6-10-16/h1-10,17H,11-14H2/p+1. The fraction of sp³-hybridized carbons (Fsp3) is 0.250. The Morgan fingerprint density at radius 2 is 1.00 bits per heavy atom. The quantitative estimate of drug-likeness (QED) is 0.726. The lowest BCUT2D eigenvalue weighted by molar-refractivity contribution is -0.653. The van der Waals surface area contributed by atoms with Gasteiger partial charge >= 0.3 is 0 Å². The van der Waals surface area contributed by atoms with E-state index in [1.165, 1.54) is 24.2 Å². The van der Waals surface area contributed by atoms with Crippen LogP contribution in [-0.4, -0.2) is 13.1 Å². The van der Waals surface area contributed by atoms with Crippen molar-refractivity contribution in [2.45, 2.75) is 12.8 Å². The highest BCUT2D eigenvalue weighted by Crippen LogP contribution is 1.98. The molecule has 0 heterocycles. The van der Waals surface area contributed by atoms with Gasteiger partial charge in [0.1, 0.15) is 0 Å². The van der Waals surface area contributed by atoms with Gasteiger partial charge in [-0.1, -0.05) is 60.7 Å². The van der Waals surface area contributed by atoms with Crippen LogP contribution in [0.4, 0.5) is 0 Å². The molecule has 0 unspecified atom stereocenters. The molecule has 17 heavy (non-hydrogen) atoms. The van der Waals surface area contributed by atoms with Gasteiger partial charge in [-0.3, -0.25) is 0 Å². The van der Waals surface area contributed by atoms with Crippen LogP contribution in [-0.2, 0) is 12.8 Å². The minimum Gasteiger partial charge on any atom is -0.346 e. The lowest BCUT2D eigenvalue weighted by atomic mass is 10.1. The molecule has 1 heteroatoms. The first-order valence-corrected chi connectivity index (χ1v) is 6.34. The molecule has 1 nitrogen and oxygen atoms in total. The van der Waals surface area contributed by atoms with E-state index in [9.17, 15) is 0 Å². The van der Waals surface area contributed by atoms with Crippen LogP contribution in [0.25, 0.3) is 0 Å². The zero-order valence-electron chi connectivity index (χ0n) is 10.2. The van der Waals surface area contributed by atoms with Gasteiger partial charge in [0.2, 0.25) is 0 Å². The van der Waals surface area contributed by atoms with Crippen LogP contribution in [0.5, 0.6) is 0 Å². The molecule has 2 rings (SSSR count). The number of rotatable bonds is 6. The zero-order chi connectivity index (χ0) is 11.8. The minimum atomic E-state index is 1.16. The molecule has 88 valence electrons. The topological polar surface area (TPSA) is 16.6 Å². The first kappa shape index (κ1) is 11.9. The van der Waals surface area contributed by atoms with Crippen LogP contribution in [0.15, 0.2) is 60.7 Å². The number of hydrogen-bond donors (Lipinski definition) is 1. The van der Waals surface area contributed by atoms with Crippen molar-refractivity contribution in [1.82, 2.24) is 0 Å². The summed E-state index contributed by atoms with van der Waals surface area (Å²) in [6, 6.07) is 21.4. The lowest BCUT2D eigenvalue weighted by Crippen LogP contribution is -2.85. The third kappa shape index (κ3) is 4.41. The van der Waals surface area contributed by atoms with Gasteiger partial charge in [-0.2, -0.15) is 0 Å². The van der Waals surface area contributed by atoms with Gasteiger partial charge < -0.3 is 5.32 Å². The summed E-state index contributed by atoms with van der Waals surface area (Å²) < 4.78 is 0. The van der Waals surface area contributed by atoms with Crippen LogP contribution in [0.3, 0.4) is 0 Å². The summed E-state index contributed by atoms with van der Waals surface area (Å²) in [6.45, 7) is 2.35. The van der Waals surface area contributed by atoms with Gasteiger partial charge in [-0.25, -0.2) is 0 Å². The third-order valence-electron chi connectivity index (χ3n) is 2.96. The fourth-order valence-electron chi connectivity index (χ4n) is 1.97. The molecule has 0 saturated heterocycles. The Morgan fingerprint density at radius 1 is 0.588 bits per heavy atom. The summed E-state index contributed by atoms with van der Waals surface area (Å²) in [5, 5.41) is 2.40. The highest BCUT2D eigenvalue weighted by molar-refractivity contribution is 5.15. The largest absolute Gasteiger partial charge is 0.346 e. The highest BCUT2D eigenvalue weighted by atomic mass is 14.8. The molecule has 0 radical (unpaired) electrons. The molecular weight excluding hydrogens is 206 g/mol. The third-order valence-corrected chi connectivity index (χ3v) is 2.96. The van der Waals surface area contributed by atoms with Gasteiger partial charge in [0, 0.05) is 12.8 Å². The van der Waals surface area contributed by atoms with Crippen molar-refractivity contribution in [3.63, 3.8) is 0 Å². The molecule has 0 fully saturated rings. The molecule has 0 aliphatic carbocycles. The second-order valence-electron chi connectivity index (χ2n) is 4.34. The van der Waals surface area contributed by atoms with Crippen molar-refractivity contribution in [3.05, 3.63) is 71.8 Å². The van der Waals surface area contributed by atoms with Crippen LogP contribution >= 0.6 is 0 Å². The Morgan fingerprint density at radius 3 is 1.41 bits per heavy atom. The predicted octanol–water partition coefficient (Wildman–Crippen LogP) is 2.04. The first-order valence-electron chi connectivity index (χ1n) is 6.34. The van der Waals surface area contributed by atoms with E-state index in [1.807, 2.05) is 0 Å².